The van der Waals surface area contributed by atoms with E-state index >= 15 is 0 Å². The fourth-order valence-corrected chi connectivity index (χ4v) is 0.963. The van der Waals surface area contributed by atoms with Gasteiger partial charge >= 0.3 is 6.03 Å². The molecule has 4 N–H and O–H groups in total. The summed E-state index contributed by atoms with van der Waals surface area (Å²) in [4.78, 5) is 10.2. The fraction of sp³-hybridized carbons (Fsp3) is 0. The number of nitrogens with zero attached hydrogens (tertiary/aromatic N) is 1. The van der Waals surface area contributed by atoms with Crippen molar-refractivity contribution in [3.8, 4) is 5.75 Å². The molecular formula is C8H8ClN3O2. The summed E-state index contributed by atoms with van der Waals surface area (Å²) >= 11 is 5.63. The Morgan fingerprint density at radius 2 is 2.36 bits per heavy atom. The molecule has 74 valence electrons. The molecule has 0 aliphatic rings. The van der Waals surface area contributed by atoms with Crippen LogP contribution in [-0.4, -0.2) is 17.4 Å². The molecule has 0 unspecified atom stereocenters. The number of phenols is 1. The lowest BCUT2D eigenvalue weighted by Crippen LogP contribution is -2.24. The molecular weight excluding hydrogens is 206 g/mol. The average Bonchev–Trinajstić information content (AvgIpc) is 2.10. The van der Waals surface area contributed by atoms with Gasteiger partial charge in [-0.15, -0.1) is 0 Å². The normalized spacial score (nSPS) is 10.4. The maximum Gasteiger partial charge on any atom is 0.332 e. The number of carbonyl (C=O) groups is 1. The highest BCUT2D eigenvalue weighted by atomic mass is 35.5. The van der Waals surface area contributed by atoms with E-state index in [4.69, 9.17) is 22.4 Å². The van der Waals surface area contributed by atoms with Gasteiger partial charge in [0.2, 0.25) is 0 Å². The molecule has 1 aromatic rings. The van der Waals surface area contributed by atoms with Crippen LogP contribution in [0, 0.1) is 0 Å². The topological polar surface area (TPSA) is 87.7 Å². The Labute approximate surface area is 85.2 Å². The number of rotatable bonds is 2. The SMILES string of the molecule is NC(=O)N/N=C\c1ccc(O)c(Cl)c1. The van der Waals surface area contributed by atoms with Crippen LogP contribution >= 0.6 is 11.6 Å². The van der Waals surface area contributed by atoms with Gasteiger partial charge < -0.3 is 10.8 Å². The monoisotopic (exact) mass is 213 g/mol. The Balaban J connectivity index is 2.73. The van der Waals surface area contributed by atoms with Crippen LogP contribution in [0.1, 0.15) is 5.56 Å². The van der Waals surface area contributed by atoms with Crippen molar-refractivity contribution >= 4 is 23.8 Å². The number of nitrogens with one attached hydrogen (secondary N) is 1. The van der Waals surface area contributed by atoms with Crippen molar-refractivity contribution in [2.24, 2.45) is 10.8 Å². The molecule has 0 fully saturated rings. The van der Waals surface area contributed by atoms with Crippen LogP contribution in [0.25, 0.3) is 0 Å². The van der Waals surface area contributed by atoms with Crippen molar-refractivity contribution in [1.82, 2.24) is 5.43 Å². The number of carbonyl (C=O) groups excluding carboxylic acids is 1. The van der Waals surface area contributed by atoms with E-state index in [0.717, 1.165) is 0 Å². The average molecular weight is 214 g/mol. The first-order valence-corrected chi connectivity index (χ1v) is 4.04. The lowest BCUT2D eigenvalue weighted by Gasteiger charge is -1.97. The van der Waals surface area contributed by atoms with Crippen LogP contribution < -0.4 is 11.2 Å². The summed E-state index contributed by atoms with van der Waals surface area (Å²) in [5.74, 6) is -0.00771. The second-order valence-corrected chi connectivity index (χ2v) is 2.85. The van der Waals surface area contributed by atoms with Crippen LogP contribution in [0.15, 0.2) is 23.3 Å². The second kappa shape index (κ2) is 4.48. The summed E-state index contributed by atoms with van der Waals surface area (Å²) in [7, 11) is 0. The number of urea groups is 1. The van der Waals surface area contributed by atoms with Crippen molar-refractivity contribution in [2.45, 2.75) is 0 Å². The number of nitrogens with two attached hydrogens (primary N) is 1. The Kier molecular flexibility index (Phi) is 3.30. The molecule has 0 saturated heterocycles. The van der Waals surface area contributed by atoms with Crippen molar-refractivity contribution in [1.29, 1.82) is 0 Å². The summed E-state index contributed by atoms with van der Waals surface area (Å²) < 4.78 is 0. The predicted molar refractivity (Wildman–Crippen MR) is 53.4 cm³/mol. The standard InChI is InChI=1S/C8H8ClN3O2/c9-6-3-5(1-2-7(6)13)4-11-12-8(10)14/h1-4,13H,(H3,10,12,14)/b11-4-. The predicted octanol–water partition coefficient (Wildman–Crippen LogP) is 1.05. The van der Waals surface area contributed by atoms with Crippen LogP contribution in [0.4, 0.5) is 4.79 Å². The minimum absolute atomic E-state index is 0.00771. The third-order valence-corrected chi connectivity index (χ3v) is 1.66. The van der Waals surface area contributed by atoms with E-state index in [1.165, 1.54) is 18.3 Å². The molecule has 0 spiro atoms. The number of amides is 2. The van der Waals surface area contributed by atoms with Crippen molar-refractivity contribution in [3.05, 3.63) is 28.8 Å². The van der Waals surface area contributed by atoms with E-state index in [1.807, 2.05) is 5.43 Å². The zero-order valence-electron chi connectivity index (χ0n) is 7.07. The first kappa shape index (κ1) is 10.3. The minimum Gasteiger partial charge on any atom is -0.506 e. The summed E-state index contributed by atoms with van der Waals surface area (Å²) in [5.41, 5.74) is 7.45. The van der Waals surface area contributed by atoms with E-state index in [0.29, 0.717) is 5.56 Å². The molecule has 1 aromatic carbocycles. The molecule has 14 heavy (non-hydrogen) atoms. The Morgan fingerprint density at radius 3 is 2.93 bits per heavy atom. The number of hydrazone groups is 1. The Morgan fingerprint density at radius 1 is 1.64 bits per heavy atom. The number of primary amides is 1. The van der Waals surface area contributed by atoms with Gasteiger partial charge in [0.1, 0.15) is 5.75 Å². The van der Waals surface area contributed by atoms with E-state index in [1.54, 1.807) is 6.07 Å². The molecule has 0 heterocycles. The molecule has 2 amide bonds. The van der Waals surface area contributed by atoms with Gasteiger partial charge in [0.15, 0.2) is 0 Å². The summed E-state index contributed by atoms with van der Waals surface area (Å²) in [5, 5.41) is 12.8. The molecule has 0 aromatic heterocycles. The third-order valence-electron chi connectivity index (χ3n) is 1.36. The first-order chi connectivity index (χ1) is 6.59. The largest absolute Gasteiger partial charge is 0.506 e. The minimum atomic E-state index is -0.744. The molecule has 0 saturated carbocycles. The molecule has 0 bridgehead atoms. The highest BCUT2D eigenvalue weighted by Crippen LogP contribution is 2.22. The highest BCUT2D eigenvalue weighted by molar-refractivity contribution is 6.32. The molecule has 1 rings (SSSR count). The van der Waals surface area contributed by atoms with E-state index < -0.39 is 6.03 Å². The quantitative estimate of drug-likeness (QED) is 0.507. The molecule has 6 heteroatoms. The fourth-order valence-electron chi connectivity index (χ4n) is 0.774. The van der Waals surface area contributed by atoms with Crippen LogP contribution in [0.3, 0.4) is 0 Å². The van der Waals surface area contributed by atoms with E-state index in [-0.39, 0.29) is 10.8 Å². The van der Waals surface area contributed by atoms with Gasteiger partial charge in [0.05, 0.1) is 11.2 Å². The van der Waals surface area contributed by atoms with Crippen molar-refractivity contribution < 1.29 is 9.90 Å². The Bertz CT molecular complexity index is 379. The number of benzene rings is 1. The van der Waals surface area contributed by atoms with Gasteiger partial charge in [-0.3, -0.25) is 0 Å². The zero-order valence-corrected chi connectivity index (χ0v) is 7.82. The maximum atomic E-state index is 10.2. The van der Waals surface area contributed by atoms with Crippen LogP contribution in [0.2, 0.25) is 5.02 Å². The number of halogens is 1. The molecule has 0 radical (unpaired) electrons. The van der Waals surface area contributed by atoms with Crippen molar-refractivity contribution in [2.75, 3.05) is 0 Å². The molecule has 0 aliphatic carbocycles. The van der Waals surface area contributed by atoms with Crippen LogP contribution in [0.5, 0.6) is 5.75 Å². The van der Waals surface area contributed by atoms with Gasteiger partial charge in [0, 0.05) is 0 Å². The van der Waals surface area contributed by atoms with Gasteiger partial charge in [-0.1, -0.05) is 11.6 Å². The van der Waals surface area contributed by atoms with Gasteiger partial charge in [-0.05, 0) is 23.8 Å². The van der Waals surface area contributed by atoms with Gasteiger partial charge in [-0.25, -0.2) is 10.2 Å². The third kappa shape index (κ3) is 2.95. The molecule has 5 nitrogen and oxygen atoms in total. The van der Waals surface area contributed by atoms with Gasteiger partial charge in [-0.2, -0.15) is 5.10 Å². The van der Waals surface area contributed by atoms with Gasteiger partial charge in [0.25, 0.3) is 0 Å². The smallest absolute Gasteiger partial charge is 0.332 e. The maximum absolute atomic E-state index is 10.2. The summed E-state index contributed by atoms with van der Waals surface area (Å²) in [6.07, 6.45) is 1.36. The number of aromatic hydroxyl groups is 1. The van der Waals surface area contributed by atoms with Crippen LogP contribution in [-0.2, 0) is 0 Å². The van der Waals surface area contributed by atoms with Crippen molar-refractivity contribution in [3.63, 3.8) is 0 Å². The molecule has 0 atom stereocenters. The number of phenolic OH excluding ortho intramolecular Hbond substituents is 1. The molecule has 0 aliphatic heterocycles. The number of hydrogen-bond donors (Lipinski definition) is 3. The van der Waals surface area contributed by atoms with E-state index in [2.05, 4.69) is 5.10 Å². The lowest BCUT2D eigenvalue weighted by molar-refractivity contribution is 0.249. The highest BCUT2D eigenvalue weighted by Gasteiger charge is 1.97. The number of hydrogen-bond acceptors (Lipinski definition) is 3. The Hall–Kier alpha value is -1.75. The van der Waals surface area contributed by atoms with E-state index in [9.17, 15) is 4.79 Å². The lowest BCUT2D eigenvalue weighted by atomic mass is 10.2. The summed E-state index contributed by atoms with van der Waals surface area (Å²) in [6.45, 7) is 0. The summed E-state index contributed by atoms with van der Waals surface area (Å²) in [6, 6.07) is 3.77. The second-order valence-electron chi connectivity index (χ2n) is 2.45. The zero-order chi connectivity index (χ0) is 10.6. The first-order valence-electron chi connectivity index (χ1n) is 3.66.